The summed E-state index contributed by atoms with van der Waals surface area (Å²) in [6.07, 6.45) is 4.15. The lowest BCUT2D eigenvalue weighted by molar-refractivity contribution is 0.414. The number of nitrogens with one attached hydrogen (secondary N) is 1. The molecule has 2 aromatic heterocycles. The molecule has 0 bridgehead atoms. The van der Waals surface area contributed by atoms with Gasteiger partial charge in [-0.05, 0) is 49.2 Å². The maximum Gasteiger partial charge on any atom is 0.160 e. The fraction of sp³-hybridized carbons (Fsp3) is 0.333. The first kappa shape index (κ1) is 14.2. The Labute approximate surface area is 135 Å². The van der Waals surface area contributed by atoms with Crippen LogP contribution in [-0.2, 0) is 6.54 Å². The minimum absolute atomic E-state index is 0.315. The Hall–Kier alpha value is -2.40. The summed E-state index contributed by atoms with van der Waals surface area (Å²) in [4.78, 5) is 9.39. The van der Waals surface area contributed by atoms with Crippen molar-refractivity contribution < 1.29 is 4.74 Å². The van der Waals surface area contributed by atoms with Crippen LogP contribution in [0.5, 0.6) is 5.75 Å². The Kier molecular flexibility index (Phi) is 3.71. The van der Waals surface area contributed by atoms with Crippen molar-refractivity contribution in [3.05, 3.63) is 54.0 Å². The molecule has 1 fully saturated rings. The SMILES string of the molecule is COc1cccc(Cn2c(C3CCCN3)nc3cccnc32)c1. The summed E-state index contributed by atoms with van der Waals surface area (Å²) >= 11 is 0. The average Bonchev–Trinajstić information content (AvgIpc) is 3.23. The van der Waals surface area contributed by atoms with Crippen molar-refractivity contribution >= 4 is 11.2 Å². The van der Waals surface area contributed by atoms with Crippen LogP contribution in [0.1, 0.15) is 30.3 Å². The van der Waals surface area contributed by atoms with E-state index in [1.54, 1.807) is 7.11 Å². The molecule has 118 valence electrons. The first-order valence-electron chi connectivity index (χ1n) is 8.02. The van der Waals surface area contributed by atoms with Gasteiger partial charge in [0.1, 0.15) is 17.1 Å². The van der Waals surface area contributed by atoms with Gasteiger partial charge in [-0.1, -0.05) is 12.1 Å². The van der Waals surface area contributed by atoms with E-state index in [1.165, 1.54) is 12.0 Å². The van der Waals surface area contributed by atoms with Crippen LogP contribution in [0.25, 0.3) is 11.2 Å². The maximum absolute atomic E-state index is 5.34. The third-order valence-electron chi connectivity index (χ3n) is 4.38. The van der Waals surface area contributed by atoms with Crippen LogP contribution < -0.4 is 10.1 Å². The van der Waals surface area contributed by atoms with Crippen LogP contribution in [0.15, 0.2) is 42.6 Å². The van der Waals surface area contributed by atoms with Crippen molar-refractivity contribution in [1.82, 2.24) is 19.9 Å². The van der Waals surface area contributed by atoms with Gasteiger partial charge in [0.2, 0.25) is 0 Å². The molecule has 1 aromatic carbocycles. The number of rotatable bonds is 4. The summed E-state index contributed by atoms with van der Waals surface area (Å²) in [6, 6.07) is 12.5. The Bertz CT molecular complexity index is 821. The third-order valence-corrected chi connectivity index (χ3v) is 4.38. The molecule has 1 N–H and O–H groups in total. The Morgan fingerprint density at radius 1 is 1.30 bits per heavy atom. The highest BCUT2D eigenvalue weighted by atomic mass is 16.5. The number of imidazole rings is 1. The number of benzene rings is 1. The molecule has 0 aliphatic carbocycles. The lowest BCUT2D eigenvalue weighted by Crippen LogP contribution is -2.18. The maximum atomic E-state index is 5.34. The second-order valence-electron chi connectivity index (χ2n) is 5.90. The predicted molar refractivity (Wildman–Crippen MR) is 89.6 cm³/mol. The molecule has 1 aliphatic rings. The summed E-state index contributed by atoms with van der Waals surface area (Å²) in [5.74, 6) is 1.96. The van der Waals surface area contributed by atoms with Crippen molar-refractivity contribution in [2.45, 2.75) is 25.4 Å². The quantitative estimate of drug-likeness (QED) is 0.805. The molecule has 5 nitrogen and oxygen atoms in total. The van der Waals surface area contributed by atoms with E-state index in [0.29, 0.717) is 6.04 Å². The number of nitrogens with zero attached hydrogens (tertiary/aromatic N) is 3. The van der Waals surface area contributed by atoms with Gasteiger partial charge in [-0.25, -0.2) is 9.97 Å². The molecule has 0 radical (unpaired) electrons. The van der Waals surface area contributed by atoms with E-state index in [2.05, 4.69) is 27.0 Å². The van der Waals surface area contributed by atoms with Gasteiger partial charge < -0.3 is 14.6 Å². The molecular formula is C18H20N4O. The topological polar surface area (TPSA) is 52.0 Å². The van der Waals surface area contributed by atoms with Gasteiger partial charge in [0.15, 0.2) is 5.65 Å². The number of aromatic nitrogens is 3. The zero-order chi connectivity index (χ0) is 15.6. The van der Waals surface area contributed by atoms with E-state index >= 15 is 0 Å². The highest BCUT2D eigenvalue weighted by Gasteiger charge is 2.23. The Morgan fingerprint density at radius 3 is 3.09 bits per heavy atom. The Balaban J connectivity index is 1.78. The molecule has 3 aromatic rings. The molecule has 1 unspecified atom stereocenters. The summed E-state index contributed by atoms with van der Waals surface area (Å²) in [5, 5.41) is 3.55. The minimum atomic E-state index is 0.315. The van der Waals surface area contributed by atoms with Gasteiger partial charge in [-0.15, -0.1) is 0 Å². The third kappa shape index (κ3) is 2.68. The highest BCUT2D eigenvalue weighted by Crippen LogP contribution is 2.27. The van der Waals surface area contributed by atoms with Crippen LogP contribution in [0.4, 0.5) is 0 Å². The lowest BCUT2D eigenvalue weighted by Gasteiger charge is -2.14. The van der Waals surface area contributed by atoms with Gasteiger partial charge >= 0.3 is 0 Å². The van der Waals surface area contributed by atoms with Gasteiger partial charge in [0.25, 0.3) is 0 Å². The number of hydrogen-bond donors (Lipinski definition) is 1. The van der Waals surface area contributed by atoms with E-state index in [0.717, 1.165) is 42.2 Å². The number of hydrogen-bond acceptors (Lipinski definition) is 4. The largest absolute Gasteiger partial charge is 0.497 e. The minimum Gasteiger partial charge on any atom is -0.497 e. The van der Waals surface area contributed by atoms with E-state index in [4.69, 9.17) is 9.72 Å². The lowest BCUT2D eigenvalue weighted by atomic mass is 10.2. The molecule has 1 saturated heterocycles. The normalized spacial score (nSPS) is 17.7. The van der Waals surface area contributed by atoms with Crippen LogP contribution in [0, 0.1) is 0 Å². The first-order valence-corrected chi connectivity index (χ1v) is 8.02. The number of methoxy groups -OCH3 is 1. The molecule has 5 heteroatoms. The number of fused-ring (bicyclic) bond motifs is 1. The zero-order valence-corrected chi connectivity index (χ0v) is 13.2. The standard InChI is InChI=1S/C18H20N4O/c1-23-14-6-2-5-13(11-14)12-22-17-16(8-4-10-20-17)21-18(22)15-7-3-9-19-15/h2,4-6,8,10-11,15,19H,3,7,9,12H2,1H3. The molecular weight excluding hydrogens is 288 g/mol. The van der Waals surface area contributed by atoms with E-state index in [9.17, 15) is 0 Å². The molecule has 4 rings (SSSR count). The fourth-order valence-corrected chi connectivity index (χ4v) is 3.26. The van der Waals surface area contributed by atoms with Gasteiger partial charge in [-0.3, -0.25) is 0 Å². The average molecular weight is 308 g/mol. The van der Waals surface area contributed by atoms with Crippen molar-refractivity contribution in [2.75, 3.05) is 13.7 Å². The Morgan fingerprint density at radius 2 is 2.26 bits per heavy atom. The summed E-state index contributed by atoms with van der Waals surface area (Å²) in [6.45, 7) is 1.80. The molecule has 3 heterocycles. The second-order valence-corrected chi connectivity index (χ2v) is 5.90. The van der Waals surface area contributed by atoms with Crippen LogP contribution in [-0.4, -0.2) is 28.2 Å². The highest BCUT2D eigenvalue weighted by molar-refractivity contribution is 5.71. The molecule has 23 heavy (non-hydrogen) atoms. The molecule has 1 aliphatic heterocycles. The van der Waals surface area contributed by atoms with Crippen molar-refractivity contribution in [1.29, 1.82) is 0 Å². The number of ether oxygens (including phenoxy) is 1. The van der Waals surface area contributed by atoms with Crippen LogP contribution >= 0.6 is 0 Å². The molecule has 0 saturated carbocycles. The fourth-order valence-electron chi connectivity index (χ4n) is 3.26. The van der Waals surface area contributed by atoms with E-state index < -0.39 is 0 Å². The summed E-state index contributed by atoms with van der Waals surface area (Å²) in [7, 11) is 1.70. The molecule has 0 spiro atoms. The van der Waals surface area contributed by atoms with Crippen molar-refractivity contribution in [2.24, 2.45) is 0 Å². The van der Waals surface area contributed by atoms with E-state index in [1.807, 2.05) is 30.5 Å². The predicted octanol–water partition coefficient (Wildman–Crippen LogP) is 2.91. The monoisotopic (exact) mass is 308 g/mol. The van der Waals surface area contributed by atoms with Crippen LogP contribution in [0.3, 0.4) is 0 Å². The summed E-state index contributed by atoms with van der Waals surface area (Å²) in [5.41, 5.74) is 3.09. The van der Waals surface area contributed by atoms with Gasteiger partial charge in [-0.2, -0.15) is 0 Å². The first-order chi connectivity index (χ1) is 11.3. The van der Waals surface area contributed by atoms with Crippen LogP contribution in [0.2, 0.25) is 0 Å². The summed E-state index contributed by atoms with van der Waals surface area (Å²) < 4.78 is 7.57. The van der Waals surface area contributed by atoms with Crippen molar-refractivity contribution in [3.8, 4) is 5.75 Å². The smallest absolute Gasteiger partial charge is 0.160 e. The van der Waals surface area contributed by atoms with Gasteiger partial charge in [0, 0.05) is 6.20 Å². The second kappa shape index (κ2) is 6.01. The zero-order valence-electron chi connectivity index (χ0n) is 13.2. The van der Waals surface area contributed by atoms with E-state index in [-0.39, 0.29) is 0 Å². The van der Waals surface area contributed by atoms with Crippen molar-refractivity contribution in [3.63, 3.8) is 0 Å². The number of pyridine rings is 1. The molecule has 0 amide bonds. The van der Waals surface area contributed by atoms with Gasteiger partial charge in [0.05, 0.1) is 19.7 Å². The molecule has 1 atom stereocenters.